The molecule has 0 aliphatic heterocycles. The highest BCUT2D eigenvalue weighted by molar-refractivity contribution is 6.30. The normalized spacial score (nSPS) is 18.5. The minimum Gasteiger partial charge on any atom is -0.316 e. The zero-order chi connectivity index (χ0) is 12.1. The van der Waals surface area contributed by atoms with Gasteiger partial charge in [0.2, 0.25) is 0 Å². The van der Waals surface area contributed by atoms with Crippen molar-refractivity contribution < 1.29 is 0 Å². The van der Waals surface area contributed by atoms with Crippen LogP contribution in [0.4, 0.5) is 0 Å². The minimum absolute atomic E-state index is 0.490. The van der Waals surface area contributed by atoms with Crippen molar-refractivity contribution in [1.82, 2.24) is 5.32 Å². The fourth-order valence-electron chi connectivity index (χ4n) is 2.97. The molecule has 0 heterocycles. The maximum Gasteiger partial charge on any atom is 0.0406 e. The molecule has 1 aliphatic carbocycles. The Labute approximate surface area is 110 Å². The summed E-state index contributed by atoms with van der Waals surface area (Å²) in [7, 11) is 0. The molecular formula is C15H22ClN. The summed E-state index contributed by atoms with van der Waals surface area (Å²) in [5, 5.41) is 4.37. The highest BCUT2D eigenvalue weighted by Crippen LogP contribution is 2.40. The summed E-state index contributed by atoms with van der Waals surface area (Å²) in [4.78, 5) is 0. The summed E-state index contributed by atoms with van der Waals surface area (Å²) in [5.74, 6) is 0. The second-order valence-corrected chi connectivity index (χ2v) is 5.73. The van der Waals surface area contributed by atoms with Crippen LogP contribution in [0.1, 0.15) is 38.2 Å². The first kappa shape index (κ1) is 12.9. The summed E-state index contributed by atoms with van der Waals surface area (Å²) in [5.41, 5.74) is 1.92. The van der Waals surface area contributed by atoms with Crippen LogP contribution in [0.5, 0.6) is 0 Å². The van der Waals surface area contributed by atoms with Crippen LogP contribution in [-0.4, -0.2) is 13.1 Å². The summed E-state index contributed by atoms with van der Waals surface area (Å²) < 4.78 is 0. The molecule has 0 unspecified atom stereocenters. The zero-order valence-corrected chi connectivity index (χ0v) is 11.4. The quantitative estimate of drug-likeness (QED) is 0.833. The molecule has 1 fully saturated rings. The monoisotopic (exact) mass is 251 g/mol. The lowest BCUT2D eigenvalue weighted by molar-refractivity contribution is 0.280. The average Bonchev–Trinajstić information content (AvgIpc) is 2.79. The Bertz CT molecular complexity index is 338. The van der Waals surface area contributed by atoms with Crippen LogP contribution < -0.4 is 5.32 Å². The van der Waals surface area contributed by atoms with Gasteiger partial charge in [-0.1, -0.05) is 43.5 Å². The molecule has 0 aromatic heterocycles. The highest BCUT2D eigenvalue weighted by Gasteiger charge is 2.33. The van der Waals surface area contributed by atoms with Crippen molar-refractivity contribution >= 4 is 11.6 Å². The third-order valence-corrected chi connectivity index (χ3v) is 4.16. The van der Waals surface area contributed by atoms with E-state index in [0.29, 0.717) is 5.41 Å². The molecule has 2 heteroatoms. The Balaban J connectivity index is 2.04. The lowest BCUT2D eigenvalue weighted by Crippen LogP contribution is -2.33. The number of nitrogens with one attached hydrogen (secondary N) is 1. The second kappa shape index (κ2) is 5.88. The minimum atomic E-state index is 0.490. The molecule has 1 nitrogen and oxygen atoms in total. The fraction of sp³-hybridized carbons (Fsp3) is 0.600. The Kier molecular flexibility index (Phi) is 4.47. The average molecular weight is 252 g/mol. The van der Waals surface area contributed by atoms with E-state index in [1.165, 1.54) is 37.7 Å². The van der Waals surface area contributed by atoms with Gasteiger partial charge in [-0.2, -0.15) is 0 Å². The lowest BCUT2D eigenvalue weighted by Gasteiger charge is -2.29. The van der Waals surface area contributed by atoms with E-state index in [-0.39, 0.29) is 0 Å². The highest BCUT2D eigenvalue weighted by atomic mass is 35.5. The van der Waals surface area contributed by atoms with Crippen molar-refractivity contribution in [3.8, 4) is 0 Å². The molecule has 1 saturated carbocycles. The predicted molar refractivity (Wildman–Crippen MR) is 74.6 cm³/mol. The fourth-order valence-corrected chi connectivity index (χ4v) is 3.09. The van der Waals surface area contributed by atoms with Crippen LogP contribution in [0.2, 0.25) is 5.02 Å². The van der Waals surface area contributed by atoms with Crippen LogP contribution in [-0.2, 0) is 6.42 Å². The van der Waals surface area contributed by atoms with Crippen molar-refractivity contribution in [1.29, 1.82) is 0 Å². The van der Waals surface area contributed by atoms with E-state index in [4.69, 9.17) is 11.6 Å². The van der Waals surface area contributed by atoms with E-state index in [0.717, 1.165) is 18.1 Å². The van der Waals surface area contributed by atoms with Gasteiger partial charge in [0.05, 0.1) is 0 Å². The number of rotatable bonds is 5. The van der Waals surface area contributed by atoms with Crippen molar-refractivity contribution in [3.05, 3.63) is 34.9 Å². The molecule has 1 aromatic rings. The van der Waals surface area contributed by atoms with Gasteiger partial charge < -0.3 is 5.32 Å². The van der Waals surface area contributed by atoms with Gasteiger partial charge in [0, 0.05) is 11.6 Å². The van der Waals surface area contributed by atoms with Gasteiger partial charge in [0.1, 0.15) is 0 Å². The summed E-state index contributed by atoms with van der Waals surface area (Å²) >= 11 is 5.93. The molecule has 0 amide bonds. The predicted octanol–water partition coefficient (Wildman–Crippen LogP) is 4.05. The number of halogens is 1. The van der Waals surface area contributed by atoms with Crippen LogP contribution in [0.3, 0.4) is 0 Å². The van der Waals surface area contributed by atoms with Crippen molar-refractivity contribution in [2.75, 3.05) is 13.1 Å². The van der Waals surface area contributed by atoms with Crippen LogP contribution in [0.25, 0.3) is 0 Å². The van der Waals surface area contributed by atoms with E-state index < -0.39 is 0 Å². The van der Waals surface area contributed by atoms with E-state index in [1.807, 2.05) is 12.1 Å². The maximum absolute atomic E-state index is 5.93. The van der Waals surface area contributed by atoms with Gasteiger partial charge in [-0.3, -0.25) is 0 Å². The molecule has 0 bridgehead atoms. The first-order chi connectivity index (χ1) is 8.24. The Morgan fingerprint density at radius 3 is 2.41 bits per heavy atom. The van der Waals surface area contributed by atoms with Gasteiger partial charge in [-0.15, -0.1) is 0 Å². The van der Waals surface area contributed by atoms with E-state index in [1.54, 1.807) is 0 Å². The Morgan fingerprint density at radius 1 is 1.18 bits per heavy atom. The maximum atomic E-state index is 5.93. The molecule has 0 saturated heterocycles. The first-order valence-electron chi connectivity index (χ1n) is 6.69. The van der Waals surface area contributed by atoms with E-state index in [9.17, 15) is 0 Å². The molecule has 1 aliphatic rings. The molecule has 0 spiro atoms. The smallest absolute Gasteiger partial charge is 0.0406 e. The molecule has 1 aromatic carbocycles. The summed E-state index contributed by atoms with van der Waals surface area (Å²) in [6, 6.07) is 8.36. The van der Waals surface area contributed by atoms with Crippen LogP contribution >= 0.6 is 11.6 Å². The topological polar surface area (TPSA) is 12.0 Å². The van der Waals surface area contributed by atoms with Crippen molar-refractivity contribution in [2.45, 2.75) is 39.0 Å². The van der Waals surface area contributed by atoms with Crippen LogP contribution in [0.15, 0.2) is 24.3 Å². The van der Waals surface area contributed by atoms with Gasteiger partial charge >= 0.3 is 0 Å². The molecule has 2 rings (SSSR count). The molecule has 17 heavy (non-hydrogen) atoms. The number of hydrogen-bond acceptors (Lipinski definition) is 1. The Morgan fingerprint density at radius 2 is 1.82 bits per heavy atom. The van der Waals surface area contributed by atoms with E-state index >= 15 is 0 Å². The molecule has 1 N–H and O–H groups in total. The van der Waals surface area contributed by atoms with E-state index in [2.05, 4.69) is 24.4 Å². The lowest BCUT2D eigenvalue weighted by atomic mass is 9.80. The van der Waals surface area contributed by atoms with Crippen molar-refractivity contribution in [3.63, 3.8) is 0 Å². The molecule has 94 valence electrons. The van der Waals surface area contributed by atoms with Crippen LogP contribution in [0, 0.1) is 5.41 Å². The third kappa shape index (κ3) is 3.46. The second-order valence-electron chi connectivity index (χ2n) is 5.29. The Hall–Kier alpha value is -0.530. The number of benzene rings is 1. The van der Waals surface area contributed by atoms with Crippen molar-refractivity contribution in [2.24, 2.45) is 5.41 Å². The van der Waals surface area contributed by atoms with Gasteiger partial charge in [-0.05, 0) is 48.9 Å². The van der Waals surface area contributed by atoms with Gasteiger partial charge in [0.15, 0.2) is 0 Å². The SMILES string of the molecule is CCNCC1(Cc2ccc(Cl)cc2)CCCC1. The summed E-state index contributed by atoms with van der Waals surface area (Å²) in [6.07, 6.45) is 6.69. The third-order valence-electron chi connectivity index (χ3n) is 3.91. The van der Waals surface area contributed by atoms with Gasteiger partial charge in [0.25, 0.3) is 0 Å². The summed E-state index contributed by atoms with van der Waals surface area (Å²) in [6.45, 7) is 4.42. The number of hydrogen-bond donors (Lipinski definition) is 1. The molecular weight excluding hydrogens is 230 g/mol. The molecule has 0 atom stereocenters. The largest absolute Gasteiger partial charge is 0.316 e. The first-order valence-corrected chi connectivity index (χ1v) is 7.07. The molecule has 0 radical (unpaired) electrons. The standard InChI is InChI=1S/C15H22ClN/c1-2-17-12-15(9-3-4-10-15)11-13-5-7-14(16)8-6-13/h5-8,17H,2-4,9-12H2,1H3. The van der Waals surface area contributed by atoms with Gasteiger partial charge in [-0.25, -0.2) is 0 Å². The zero-order valence-electron chi connectivity index (χ0n) is 10.6.